The van der Waals surface area contributed by atoms with E-state index in [9.17, 15) is 0 Å². The predicted molar refractivity (Wildman–Crippen MR) is 96.0 cm³/mol. The van der Waals surface area contributed by atoms with E-state index in [2.05, 4.69) is 60.8 Å². The fraction of sp³-hybridized carbons (Fsp3) is 0.429. The molecule has 0 saturated heterocycles. The van der Waals surface area contributed by atoms with Gasteiger partial charge in [0.1, 0.15) is 5.75 Å². The lowest BCUT2D eigenvalue weighted by Crippen LogP contribution is -2.35. The van der Waals surface area contributed by atoms with Crippen LogP contribution in [-0.2, 0) is 0 Å². The Balaban J connectivity index is 1.63. The Bertz CT molecular complexity index is 610. The largest absolute Gasteiger partial charge is 0.497 e. The molecule has 2 heteroatoms. The minimum Gasteiger partial charge on any atom is -0.497 e. The minimum atomic E-state index is 0.352. The van der Waals surface area contributed by atoms with Gasteiger partial charge in [0, 0.05) is 12.1 Å². The highest BCUT2D eigenvalue weighted by Gasteiger charge is 2.24. The Labute approximate surface area is 139 Å². The second-order valence-electron chi connectivity index (χ2n) is 6.64. The van der Waals surface area contributed by atoms with Crippen LogP contribution < -0.4 is 10.1 Å². The van der Waals surface area contributed by atoms with Crippen LogP contribution in [0.15, 0.2) is 54.6 Å². The number of methoxy groups -OCH3 is 1. The van der Waals surface area contributed by atoms with Crippen molar-refractivity contribution in [2.24, 2.45) is 0 Å². The molecule has 3 atom stereocenters. The summed E-state index contributed by atoms with van der Waals surface area (Å²) in [5.74, 6) is 1.63. The average Bonchev–Trinajstić information content (AvgIpc) is 2.63. The Morgan fingerprint density at radius 1 is 1.04 bits per heavy atom. The molecular formula is C21H27NO. The molecule has 23 heavy (non-hydrogen) atoms. The summed E-state index contributed by atoms with van der Waals surface area (Å²) in [5.41, 5.74) is 2.79. The average molecular weight is 309 g/mol. The van der Waals surface area contributed by atoms with Gasteiger partial charge in [0.05, 0.1) is 7.11 Å². The van der Waals surface area contributed by atoms with Gasteiger partial charge in [0.25, 0.3) is 0 Å². The third-order valence-electron chi connectivity index (χ3n) is 5.02. The van der Waals surface area contributed by atoms with Crippen LogP contribution in [0.25, 0.3) is 0 Å². The summed E-state index contributed by atoms with van der Waals surface area (Å²) in [4.78, 5) is 0. The monoisotopic (exact) mass is 309 g/mol. The second-order valence-corrected chi connectivity index (χ2v) is 6.64. The van der Waals surface area contributed by atoms with E-state index in [1.165, 1.54) is 36.8 Å². The van der Waals surface area contributed by atoms with Crippen LogP contribution in [-0.4, -0.2) is 13.2 Å². The van der Waals surface area contributed by atoms with Crippen molar-refractivity contribution < 1.29 is 4.74 Å². The number of hydrogen-bond donors (Lipinski definition) is 1. The Morgan fingerprint density at radius 2 is 1.87 bits per heavy atom. The van der Waals surface area contributed by atoms with Gasteiger partial charge in [0.2, 0.25) is 0 Å². The minimum absolute atomic E-state index is 0.352. The predicted octanol–water partition coefficient (Wildman–Crippen LogP) is 5.07. The SMILES string of the molecule is COc1cccc(C(C)NC2CCCC(c3ccccc3)C2)c1. The van der Waals surface area contributed by atoms with Gasteiger partial charge in [-0.2, -0.15) is 0 Å². The number of hydrogen-bond acceptors (Lipinski definition) is 2. The van der Waals surface area contributed by atoms with Crippen molar-refractivity contribution in [3.8, 4) is 5.75 Å². The summed E-state index contributed by atoms with van der Waals surface area (Å²) in [6, 6.07) is 20.3. The van der Waals surface area contributed by atoms with Crippen molar-refractivity contribution in [2.75, 3.05) is 7.11 Å². The molecule has 2 aromatic rings. The highest BCUT2D eigenvalue weighted by Crippen LogP contribution is 2.33. The molecule has 0 amide bonds. The molecule has 2 nitrogen and oxygen atoms in total. The fourth-order valence-electron chi connectivity index (χ4n) is 3.73. The van der Waals surface area contributed by atoms with Crippen molar-refractivity contribution in [2.45, 2.75) is 50.6 Å². The summed E-state index contributed by atoms with van der Waals surface area (Å²) < 4.78 is 5.34. The van der Waals surface area contributed by atoms with Crippen molar-refractivity contribution in [1.82, 2.24) is 5.32 Å². The maximum Gasteiger partial charge on any atom is 0.119 e. The van der Waals surface area contributed by atoms with Crippen LogP contribution in [0.5, 0.6) is 5.75 Å². The van der Waals surface area contributed by atoms with Crippen LogP contribution in [0.2, 0.25) is 0 Å². The molecule has 0 bridgehead atoms. The van der Waals surface area contributed by atoms with Gasteiger partial charge < -0.3 is 10.1 Å². The van der Waals surface area contributed by atoms with Gasteiger partial charge in [-0.15, -0.1) is 0 Å². The van der Waals surface area contributed by atoms with Crippen LogP contribution >= 0.6 is 0 Å². The molecule has 0 aliphatic heterocycles. The maximum atomic E-state index is 5.34. The summed E-state index contributed by atoms with van der Waals surface area (Å²) >= 11 is 0. The zero-order chi connectivity index (χ0) is 16.1. The van der Waals surface area contributed by atoms with E-state index in [4.69, 9.17) is 4.74 Å². The third-order valence-corrected chi connectivity index (χ3v) is 5.02. The summed E-state index contributed by atoms with van der Waals surface area (Å²) in [6.45, 7) is 2.25. The van der Waals surface area contributed by atoms with Crippen LogP contribution in [0.4, 0.5) is 0 Å². The van der Waals surface area contributed by atoms with E-state index in [-0.39, 0.29) is 0 Å². The van der Waals surface area contributed by atoms with Crippen molar-refractivity contribution in [3.05, 3.63) is 65.7 Å². The van der Waals surface area contributed by atoms with Crippen LogP contribution in [0, 0.1) is 0 Å². The highest BCUT2D eigenvalue weighted by atomic mass is 16.5. The Hall–Kier alpha value is -1.80. The van der Waals surface area contributed by atoms with Gasteiger partial charge >= 0.3 is 0 Å². The number of ether oxygens (including phenoxy) is 1. The number of nitrogens with one attached hydrogen (secondary N) is 1. The molecule has 2 aromatic carbocycles. The molecule has 1 aliphatic carbocycles. The zero-order valence-electron chi connectivity index (χ0n) is 14.2. The van der Waals surface area contributed by atoms with E-state index in [1.807, 2.05) is 6.07 Å². The second kappa shape index (κ2) is 7.65. The van der Waals surface area contributed by atoms with Gasteiger partial charge in [-0.25, -0.2) is 0 Å². The first kappa shape index (κ1) is 16.1. The molecule has 122 valence electrons. The van der Waals surface area contributed by atoms with Crippen LogP contribution in [0.1, 0.15) is 55.7 Å². The lowest BCUT2D eigenvalue weighted by Gasteiger charge is -2.32. The molecule has 3 unspecified atom stereocenters. The molecule has 1 N–H and O–H groups in total. The van der Waals surface area contributed by atoms with E-state index in [1.54, 1.807) is 7.11 Å². The van der Waals surface area contributed by atoms with Crippen molar-refractivity contribution >= 4 is 0 Å². The zero-order valence-corrected chi connectivity index (χ0v) is 14.2. The van der Waals surface area contributed by atoms with Gasteiger partial charge in [-0.1, -0.05) is 48.9 Å². The van der Waals surface area contributed by atoms with Gasteiger partial charge in [0.15, 0.2) is 0 Å². The normalized spacial score (nSPS) is 22.5. The molecule has 1 fully saturated rings. The van der Waals surface area contributed by atoms with Gasteiger partial charge in [-0.05, 0) is 55.4 Å². The van der Waals surface area contributed by atoms with Crippen molar-refractivity contribution in [1.29, 1.82) is 0 Å². The first-order valence-corrected chi connectivity index (χ1v) is 8.71. The molecule has 1 saturated carbocycles. The number of rotatable bonds is 5. The maximum absolute atomic E-state index is 5.34. The molecule has 1 aliphatic rings. The highest BCUT2D eigenvalue weighted by molar-refractivity contribution is 5.30. The standard InChI is InChI=1S/C21H27NO/c1-16(18-10-7-13-21(15-18)23-2)22-20-12-6-11-19(14-20)17-8-4-3-5-9-17/h3-5,7-10,13,15-16,19-20,22H,6,11-12,14H2,1-2H3. The quantitative estimate of drug-likeness (QED) is 0.832. The summed E-state index contributed by atoms with van der Waals surface area (Å²) in [5, 5.41) is 3.83. The van der Waals surface area contributed by atoms with Crippen LogP contribution in [0.3, 0.4) is 0 Å². The van der Waals surface area contributed by atoms with Crippen molar-refractivity contribution in [3.63, 3.8) is 0 Å². The molecule has 0 heterocycles. The molecular weight excluding hydrogens is 282 g/mol. The summed E-state index contributed by atoms with van der Waals surface area (Å²) in [7, 11) is 1.73. The first-order chi connectivity index (χ1) is 11.3. The molecule has 3 rings (SSSR count). The molecule has 0 radical (unpaired) electrons. The topological polar surface area (TPSA) is 21.3 Å². The number of benzene rings is 2. The Kier molecular flexibility index (Phi) is 5.35. The lowest BCUT2D eigenvalue weighted by molar-refractivity contribution is 0.318. The van der Waals surface area contributed by atoms with E-state index in [0.717, 1.165) is 5.75 Å². The fourth-order valence-corrected chi connectivity index (χ4v) is 3.73. The first-order valence-electron chi connectivity index (χ1n) is 8.71. The smallest absolute Gasteiger partial charge is 0.119 e. The third kappa shape index (κ3) is 4.14. The Morgan fingerprint density at radius 3 is 2.65 bits per heavy atom. The molecule has 0 spiro atoms. The lowest BCUT2D eigenvalue weighted by atomic mass is 9.81. The van der Waals surface area contributed by atoms with E-state index < -0.39 is 0 Å². The van der Waals surface area contributed by atoms with Gasteiger partial charge in [-0.3, -0.25) is 0 Å². The molecule has 0 aromatic heterocycles. The van der Waals surface area contributed by atoms with E-state index in [0.29, 0.717) is 18.0 Å². The summed E-state index contributed by atoms with van der Waals surface area (Å²) in [6.07, 6.45) is 5.13. The van der Waals surface area contributed by atoms with E-state index >= 15 is 0 Å².